The Morgan fingerprint density at radius 2 is 2.24 bits per heavy atom. The molecule has 0 aromatic carbocycles. The molecule has 0 spiro atoms. The second-order valence-corrected chi connectivity index (χ2v) is 6.64. The molecule has 1 aromatic rings. The first kappa shape index (κ1) is 14.8. The van der Waals surface area contributed by atoms with Gasteiger partial charge in [0.1, 0.15) is 11.7 Å². The topological polar surface area (TPSA) is 58.9 Å². The maximum atomic E-state index is 12.4. The van der Waals surface area contributed by atoms with Crippen molar-refractivity contribution in [1.29, 1.82) is 0 Å². The van der Waals surface area contributed by atoms with Crippen LogP contribution in [0.2, 0.25) is 0 Å². The molecule has 2 aliphatic heterocycles. The molecular weight excluding hydrogens is 290 g/mol. The highest BCUT2D eigenvalue weighted by molar-refractivity contribution is 7.99. The molecule has 2 saturated heterocycles. The number of aromatic nitrogens is 1. The fourth-order valence-corrected chi connectivity index (χ4v) is 3.55. The van der Waals surface area contributed by atoms with Crippen LogP contribution < -0.4 is 4.98 Å². The van der Waals surface area contributed by atoms with Crippen LogP contribution in [0.3, 0.4) is 0 Å². The number of hydrogen-bond acceptors (Lipinski definition) is 5. The van der Waals surface area contributed by atoms with E-state index in [9.17, 15) is 4.79 Å². The predicted octanol–water partition coefficient (Wildman–Crippen LogP) is 1.57. The summed E-state index contributed by atoms with van der Waals surface area (Å²) in [6, 6.07) is 3.58. The molecule has 0 bridgehead atoms. The molecule has 2 fully saturated rings. The van der Waals surface area contributed by atoms with Crippen molar-refractivity contribution in [2.45, 2.75) is 37.2 Å². The first-order chi connectivity index (χ1) is 10.2. The summed E-state index contributed by atoms with van der Waals surface area (Å²) >= 11 is 1.59. The summed E-state index contributed by atoms with van der Waals surface area (Å²) in [6.45, 7) is 5.22. The van der Waals surface area contributed by atoms with Gasteiger partial charge in [-0.15, -0.1) is 0 Å². The van der Waals surface area contributed by atoms with E-state index in [1.807, 2.05) is 13.1 Å². The highest BCUT2D eigenvalue weighted by Crippen LogP contribution is 2.32. The molecular formula is C15H20NO4S+. The Labute approximate surface area is 128 Å². The highest BCUT2D eigenvalue weighted by atomic mass is 32.2. The van der Waals surface area contributed by atoms with Gasteiger partial charge >= 0.3 is 5.97 Å². The van der Waals surface area contributed by atoms with Crippen molar-refractivity contribution in [2.75, 3.05) is 19.0 Å². The molecule has 0 aliphatic carbocycles. The van der Waals surface area contributed by atoms with Crippen molar-refractivity contribution < 1.29 is 24.0 Å². The minimum absolute atomic E-state index is 0.0506. The van der Waals surface area contributed by atoms with Crippen LogP contribution in [-0.2, 0) is 14.2 Å². The Morgan fingerprint density at radius 3 is 3.05 bits per heavy atom. The third-order valence-corrected chi connectivity index (χ3v) is 4.76. The van der Waals surface area contributed by atoms with E-state index in [4.69, 9.17) is 14.2 Å². The van der Waals surface area contributed by atoms with Crippen LogP contribution in [0, 0.1) is 5.92 Å². The lowest BCUT2D eigenvalue weighted by Crippen LogP contribution is -2.33. The third kappa shape index (κ3) is 2.93. The minimum Gasteiger partial charge on any atom is -0.453 e. The molecule has 4 atom stereocenters. The first-order valence-electron chi connectivity index (χ1n) is 7.28. The smallest absolute Gasteiger partial charge is 0.346 e. The number of carbonyl (C=O) groups is 1. The van der Waals surface area contributed by atoms with Crippen LogP contribution in [0.25, 0.3) is 0 Å². The summed E-state index contributed by atoms with van der Waals surface area (Å²) in [5.41, 5.74) is 0.568. The van der Waals surface area contributed by atoms with Gasteiger partial charge in [0.05, 0.1) is 19.3 Å². The average Bonchev–Trinajstić information content (AvgIpc) is 3.04. The van der Waals surface area contributed by atoms with Gasteiger partial charge in [0.2, 0.25) is 0 Å². The zero-order valence-electron chi connectivity index (χ0n) is 12.2. The number of H-pyrrole nitrogens is 1. The fraction of sp³-hybridized carbons (Fsp3) is 0.600. The Bertz CT molecular complexity index is 524. The first-order valence-corrected chi connectivity index (χ1v) is 8.27. The molecule has 6 heteroatoms. The number of pyridine rings is 1. The SMILES string of the molecule is CCSc1[nH+]cccc1C(=O)O[C@@H]1CO[C@H]2[C@@H]1OC[C@@H]2C. The maximum Gasteiger partial charge on any atom is 0.346 e. The molecule has 1 aromatic heterocycles. The van der Waals surface area contributed by atoms with Gasteiger partial charge in [-0.1, -0.05) is 25.6 Å². The van der Waals surface area contributed by atoms with Gasteiger partial charge in [0, 0.05) is 17.7 Å². The van der Waals surface area contributed by atoms with Crippen molar-refractivity contribution in [3.05, 3.63) is 23.9 Å². The number of esters is 1. The standard InChI is InChI=1S/C15H19NO4S/c1-3-21-14-10(5-4-6-16-14)15(17)20-11-8-19-12-9(2)7-18-13(11)12/h4-6,9,11-13H,3,7-8H2,1-2H3/p+1/t9-,11+,12+,13+/m0/s1. The van der Waals surface area contributed by atoms with E-state index in [1.165, 1.54) is 0 Å². The van der Waals surface area contributed by atoms with Gasteiger partial charge in [-0.2, -0.15) is 0 Å². The Kier molecular flexibility index (Phi) is 4.47. The number of carbonyl (C=O) groups excluding carboxylic acids is 1. The lowest BCUT2D eigenvalue weighted by molar-refractivity contribution is -0.427. The number of hydrogen-bond donors (Lipinski definition) is 0. The molecule has 114 valence electrons. The Balaban J connectivity index is 1.70. The monoisotopic (exact) mass is 310 g/mol. The summed E-state index contributed by atoms with van der Waals surface area (Å²) in [5, 5.41) is 0.834. The van der Waals surface area contributed by atoms with Crippen LogP contribution in [0.5, 0.6) is 0 Å². The van der Waals surface area contributed by atoms with Gasteiger partial charge < -0.3 is 14.2 Å². The van der Waals surface area contributed by atoms with Crippen LogP contribution >= 0.6 is 11.8 Å². The van der Waals surface area contributed by atoms with E-state index in [0.717, 1.165) is 10.8 Å². The van der Waals surface area contributed by atoms with Crippen LogP contribution in [0.4, 0.5) is 0 Å². The van der Waals surface area contributed by atoms with Gasteiger partial charge in [-0.05, 0) is 6.07 Å². The van der Waals surface area contributed by atoms with E-state index in [-0.39, 0.29) is 24.3 Å². The lowest BCUT2D eigenvalue weighted by atomic mass is 10.0. The normalized spacial score (nSPS) is 31.1. The number of fused-ring (bicyclic) bond motifs is 1. The number of nitrogens with one attached hydrogen (secondary N) is 1. The molecule has 21 heavy (non-hydrogen) atoms. The molecule has 0 radical (unpaired) electrons. The van der Waals surface area contributed by atoms with Gasteiger partial charge in [0.15, 0.2) is 12.3 Å². The highest BCUT2D eigenvalue weighted by Gasteiger charge is 2.47. The van der Waals surface area contributed by atoms with Crippen molar-refractivity contribution in [3.8, 4) is 0 Å². The summed E-state index contributed by atoms with van der Waals surface area (Å²) < 4.78 is 17.0. The zero-order valence-corrected chi connectivity index (χ0v) is 13.0. The van der Waals surface area contributed by atoms with Crippen LogP contribution in [0.15, 0.2) is 23.4 Å². The molecule has 3 heterocycles. The molecule has 0 saturated carbocycles. The Morgan fingerprint density at radius 1 is 1.43 bits per heavy atom. The summed E-state index contributed by atoms with van der Waals surface area (Å²) in [4.78, 5) is 15.5. The molecule has 1 N–H and O–H groups in total. The number of aromatic amines is 1. The van der Waals surface area contributed by atoms with Crippen molar-refractivity contribution in [2.24, 2.45) is 5.92 Å². The van der Waals surface area contributed by atoms with E-state index >= 15 is 0 Å². The molecule has 2 aliphatic rings. The van der Waals surface area contributed by atoms with Crippen LogP contribution in [-0.4, -0.2) is 43.2 Å². The van der Waals surface area contributed by atoms with E-state index < -0.39 is 0 Å². The number of ether oxygens (including phenoxy) is 3. The second kappa shape index (κ2) is 6.34. The van der Waals surface area contributed by atoms with E-state index in [1.54, 1.807) is 23.9 Å². The minimum atomic E-state index is -0.319. The zero-order chi connectivity index (χ0) is 14.8. The lowest BCUT2D eigenvalue weighted by Gasteiger charge is -2.16. The molecule has 3 rings (SSSR count). The Hall–Kier alpha value is -1.11. The fourth-order valence-electron chi connectivity index (χ4n) is 2.80. The molecule has 0 unspecified atom stereocenters. The van der Waals surface area contributed by atoms with E-state index in [2.05, 4.69) is 11.9 Å². The largest absolute Gasteiger partial charge is 0.453 e. The molecule has 0 amide bonds. The summed E-state index contributed by atoms with van der Waals surface area (Å²) in [5.74, 6) is 0.925. The average molecular weight is 310 g/mol. The van der Waals surface area contributed by atoms with Gasteiger partial charge in [-0.3, -0.25) is 0 Å². The number of rotatable bonds is 4. The van der Waals surface area contributed by atoms with Gasteiger partial charge in [0.25, 0.3) is 5.03 Å². The van der Waals surface area contributed by atoms with Crippen molar-refractivity contribution in [1.82, 2.24) is 0 Å². The number of thioether (sulfide) groups is 1. The van der Waals surface area contributed by atoms with Gasteiger partial charge in [-0.25, -0.2) is 9.78 Å². The predicted molar refractivity (Wildman–Crippen MR) is 77.2 cm³/mol. The van der Waals surface area contributed by atoms with E-state index in [0.29, 0.717) is 24.7 Å². The second-order valence-electron chi connectivity index (χ2n) is 5.36. The molecule has 5 nitrogen and oxygen atoms in total. The summed E-state index contributed by atoms with van der Waals surface area (Å²) in [6.07, 6.45) is 1.42. The third-order valence-electron chi connectivity index (χ3n) is 3.84. The van der Waals surface area contributed by atoms with Crippen molar-refractivity contribution >= 4 is 17.7 Å². The quantitative estimate of drug-likeness (QED) is 0.624. The van der Waals surface area contributed by atoms with Crippen LogP contribution in [0.1, 0.15) is 24.2 Å². The van der Waals surface area contributed by atoms with Crippen molar-refractivity contribution in [3.63, 3.8) is 0 Å². The summed E-state index contributed by atoms with van der Waals surface area (Å²) in [7, 11) is 0. The maximum absolute atomic E-state index is 12.4.